The second-order valence-corrected chi connectivity index (χ2v) is 8.66. The lowest BCUT2D eigenvalue weighted by atomic mass is 10.1. The van der Waals surface area contributed by atoms with Gasteiger partial charge in [0.1, 0.15) is 12.1 Å². The number of benzene rings is 2. The second kappa shape index (κ2) is 8.65. The average Bonchev–Trinajstić information content (AvgIpc) is 3.44. The van der Waals surface area contributed by atoms with Crippen LogP contribution in [0.5, 0.6) is 0 Å². The summed E-state index contributed by atoms with van der Waals surface area (Å²) in [4.78, 5) is 26.3. The third-order valence-corrected chi connectivity index (χ3v) is 6.57. The predicted molar refractivity (Wildman–Crippen MR) is 133 cm³/mol. The number of piperazine rings is 1. The SMILES string of the molecule is c1ccc(-c2cc(N3CCN(c4nc5ccccc5nc4N4CCCC4)CC3)ncn2)cc1. The number of fused-ring (bicyclic) bond motifs is 1. The number of anilines is 3. The molecule has 2 aromatic carbocycles. The van der Waals surface area contributed by atoms with E-state index >= 15 is 0 Å². The van der Waals surface area contributed by atoms with Crippen molar-refractivity contribution < 1.29 is 0 Å². The van der Waals surface area contributed by atoms with Crippen LogP contribution in [0, 0.1) is 0 Å². The standard InChI is InChI=1S/C26H27N7/c1-2-8-20(9-3-1)23-18-24(28-19-27-23)31-14-16-33(17-15-31)26-25(32-12-6-7-13-32)29-21-10-4-5-11-22(21)30-26/h1-5,8-11,18-19H,6-7,12-17H2. The Morgan fingerprint density at radius 2 is 1.15 bits per heavy atom. The number of para-hydroxylation sites is 2. The molecule has 2 saturated heterocycles. The molecule has 7 nitrogen and oxygen atoms in total. The highest BCUT2D eigenvalue weighted by Crippen LogP contribution is 2.31. The molecule has 0 amide bonds. The van der Waals surface area contributed by atoms with Gasteiger partial charge in [0, 0.05) is 50.9 Å². The summed E-state index contributed by atoms with van der Waals surface area (Å²) in [5.74, 6) is 3.03. The van der Waals surface area contributed by atoms with E-state index in [4.69, 9.17) is 9.97 Å². The molecule has 4 aromatic rings. The van der Waals surface area contributed by atoms with Crippen LogP contribution in [0.2, 0.25) is 0 Å². The molecule has 2 fully saturated rings. The fourth-order valence-corrected chi connectivity index (χ4v) is 4.77. The van der Waals surface area contributed by atoms with Gasteiger partial charge in [-0.05, 0) is 25.0 Å². The number of hydrogen-bond donors (Lipinski definition) is 0. The Balaban J connectivity index is 1.25. The first-order valence-corrected chi connectivity index (χ1v) is 11.7. The van der Waals surface area contributed by atoms with Gasteiger partial charge in [-0.2, -0.15) is 0 Å². The number of aromatic nitrogens is 4. The zero-order chi connectivity index (χ0) is 22.0. The summed E-state index contributed by atoms with van der Waals surface area (Å²) in [6.07, 6.45) is 4.11. The molecule has 166 valence electrons. The van der Waals surface area contributed by atoms with Crippen LogP contribution in [0.3, 0.4) is 0 Å². The van der Waals surface area contributed by atoms with Gasteiger partial charge in [0.05, 0.1) is 16.7 Å². The molecule has 7 heteroatoms. The highest BCUT2D eigenvalue weighted by atomic mass is 15.3. The molecule has 6 rings (SSSR count). The summed E-state index contributed by atoms with van der Waals surface area (Å²) in [6.45, 7) is 5.67. The quantitative estimate of drug-likeness (QED) is 0.478. The smallest absolute Gasteiger partial charge is 0.172 e. The van der Waals surface area contributed by atoms with Crippen molar-refractivity contribution in [2.75, 3.05) is 54.0 Å². The van der Waals surface area contributed by atoms with Gasteiger partial charge in [0.2, 0.25) is 0 Å². The molecule has 33 heavy (non-hydrogen) atoms. The Kier molecular flexibility index (Phi) is 5.22. The zero-order valence-corrected chi connectivity index (χ0v) is 18.6. The highest BCUT2D eigenvalue weighted by molar-refractivity contribution is 5.81. The summed E-state index contributed by atoms with van der Waals surface area (Å²) in [5, 5.41) is 0. The average molecular weight is 438 g/mol. The molecule has 0 unspecified atom stereocenters. The van der Waals surface area contributed by atoms with Gasteiger partial charge in [0.25, 0.3) is 0 Å². The van der Waals surface area contributed by atoms with Crippen LogP contribution in [-0.2, 0) is 0 Å². The Hall–Kier alpha value is -3.74. The lowest BCUT2D eigenvalue weighted by Gasteiger charge is -2.37. The summed E-state index contributed by atoms with van der Waals surface area (Å²) >= 11 is 0. The van der Waals surface area contributed by atoms with E-state index in [-0.39, 0.29) is 0 Å². The molecule has 0 spiro atoms. The van der Waals surface area contributed by atoms with Gasteiger partial charge in [-0.25, -0.2) is 19.9 Å². The van der Waals surface area contributed by atoms with Crippen molar-refractivity contribution in [2.24, 2.45) is 0 Å². The van der Waals surface area contributed by atoms with Crippen LogP contribution < -0.4 is 14.7 Å². The van der Waals surface area contributed by atoms with Crippen molar-refractivity contribution in [3.8, 4) is 11.3 Å². The first-order valence-electron chi connectivity index (χ1n) is 11.7. The zero-order valence-electron chi connectivity index (χ0n) is 18.6. The van der Waals surface area contributed by atoms with Crippen molar-refractivity contribution in [3.63, 3.8) is 0 Å². The number of hydrogen-bond acceptors (Lipinski definition) is 7. The number of rotatable bonds is 4. The molecular formula is C26H27N7. The van der Waals surface area contributed by atoms with Crippen LogP contribution in [0.25, 0.3) is 22.3 Å². The van der Waals surface area contributed by atoms with E-state index < -0.39 is 0 Å². The Labute approximate surface area is 193 Å². The van der Waals surface area contributed by atoms with Crippen LogP contribution in [0.1, 0.15) is 12.8 Å². The summed E-state index contributed by atoms with van der Waals surface area (Å²) in [5.41, 5.74) is 4.00. The summed E-state index contributed by atoms with van der Waals surface area (Å²) in [7, 11) is 0. The van der Waals surface area contributed by atoms with Gasteiger partial charge in [-0.1, -0.05) is 42.5 Å². The fraction of sp³-hybridized carbons (Fsp3) is 0.308. The maximum absolute atomic E-state index is 5.07. The van der Waals surface area contributed by atoms with Gasteiger partial charge >= 0.3 is 0 Å². The Bertz CT molecular complexity index is 1250. The van der Waals surface area contributed by atoms with Gasteiger partial charge in [-0.15, -0.1) is 0 Å². The Morgan fingerprint density at radius 3 is 1.82 bits per heavy atom. The minimum Gasteiger partial charge on any atom is -0.354 e. The van der Waals surface area contributed by atoms with Crippen molar-refractivity contribution >= 4 is 28.5 Å². The molecule has 0 N–H and O–H groups in total. The molecule has 2 aliphatic heterocycles. The Morgan fingerprint density at radius 1 is 0.576 bits per heavy atom. The molecule has 0 bridgehead atoms. The first-order chi connectivity index (χ1) is 16.3. The number of nitrogens with zero attached hydrogens (tertiary/aromatic N) is 7. The molecule has 0 atom stereocenters. The van der Waals surface area contributed by atoms with E-state index in [1.807, 2.05) is 30.3 Å². The van der Waals surface area contributed by atoms with E-state index in [0.717, 1.165) is 79.0 Å². The van der Waals surface area contributed by atoms with E-state index in [1.165, 1.54) is 12.8 Å². The van der Waals surface area contributed by atoms with Crippen LogP contribution in [0.15, 0.2) is 67.0 Å². The van der Waals surface area contributed by atoms with E-state index in [2.05, 4.69) is 55.0 Å². The maximum atomic E-state index is 5.07. The van der Waals surface area contributed by atoms with Crippen LogP contribution in [0.4, 0.5) is 17.5 Å². The van der Waals surface area contributed by atoms with Crippen molar-refractivity contribution in [1.82, 2.24) is 19.9 Å². The molecule has 0 radical (unpaired) electrons. The van der Waals surface area contributed by atoms with Gasteiger partial charge < -0.3 is 14.7 Å². The van der Waals surface area contributed by atoms with E-state index in [1.54, 1.807) is 6.33 Å². The van der Waals surface area contributed by atoms with Crippen molar-refractivity contribution in [2.45, 2.75) is 12.8 Å². The fourth-order valence-electron chi connectivity index (χ4n) is 4.77. The largest absolute Gasteiger partial charge is 0.354 e. The molecule has 0 aliphatic carbocycles. The van der Waals surface area contributed by atoms with E-state index in [9.17, 15) is 0 Å². The van der Waals surface area contributed by atoms with E-state index in [0.29, 0.717) is 0 Å². The normalized spacial score (nSPS) is 16.5. The molecule has 4 heterocycles. The monoisotopic (exact) mass is 437 g/mol. The minimum absolute atomic E-state index is 0.887. The molecule has 2 aromatic heterocycles. The third kappa shape index (κ3) is 3.95. The van der Waals surface area contributed by atoms with Crippen molar-refractivity contribution in [1.29, 1.82) is 0 Å². The maximum Gasteiger partial charge on any atom is 0.172 e. The highest BCUT2D eigenvalue weighted by Gasteiger charge is 2.26. The lowest BCUT2D eigenvalue weighted by Crippen LogP contribution is -2.47. The third-order valence-electron chi connectivity index (χ3n) is 6.57. The van der Waals surface area contributed by atoms with Gasteiger partial charge in [0.15, 0.2) is 11.6 Å². The minimum atomic E-state index is 0.887. The topological polar surface area (TPSA) is 61.3 Å². The molecule has 2 aliphatic rings. The van der Waals surface area contributed by atoms with Crippen molar-refractivity contribution in [3.05, 3.63) is 67.0 Å². The first kappa shape index (κ1) is 19.9. The predicted octanol–water partition coefficient (Wildman–Crippen LogP) is 4.01. The summed E-state index contributed by atoms with van der Waals surface area (Å²) < 4.78 is 0. The summed E-state index contributed by atoms with van der Waals surface area (Å²) in [6, 6.07) is 20.6. The van der Waals surface area contributed by atoms with Crippen LogP contribution in [-0.4, -0.2) is 59.2 Å². The second-order valence-electron chi connectivity index (χ2n) is 8.66. The van der Waals surface area contributed by atoms with Crippen LogP contribution >= 0.6 is 0 Å². The molecular weight excluding hydrogens is 410 g/mol. The molecule has 0 saturated carbocycles. The lowest BCUT2D eigenvalue weighted by molar-refractivity contribution is 0.640. The van der Waals surface area contributed by atoms with Gasteiger partial charge in [-0.3, -0.25) is 0 Å².